The second-order valence-electron chi connectivity index (χ2n) is 4.41. The Balaban J connectivity index is 1.63. The molecule has 0 atom stereocenters. The van der Waals surface area contributed by atoms with Gasteiger partial charge in [0.05, 0.1) is 17.0 Å². The van der Waals surface area contributed by atoms with Crippen molar-refractivity contribution in [1.82, 2.24) is 15.2 Å². The maximum atomic E-state index is 12.4. The number of amides is 1. The van der Waals surface area contributed by atoms with E-state index in [4.69, 9.17) is 0 Å². The Hall–Kier alpha value is -1.37. The van der Waals surface area contributed by atoms with Crippen LogP contribution in [0.15, 0.2) is 21.3 Å². The quantitative estimate of drug-likeness (QED) is 0.620. The van der Waals surface area contributed by atoms with Crippen LogP contribution in [-0.4, -0.2) is 21.1 Å². The van der Waals surface area contributed by atoms with Gasteiger partial charge >= 0.3 is 6.18 Å². The van der Waals surface area contributed by atoms with Crippen molar-refractivity contribution in [2.45, 2.75) is 12.6 Å². The molecule has 24 heavy (non-hydrogen) atoms. The van der Waals surface area contributed by atoms with Crippen molar-refractivity contribution < 1.29 is 18.0 Å². The number of carbonyl (C=O) groups excluding carboxylic acids is 1. The lowest BCUT2D eigenvalue weighted by Crippen LogP contribution is -2.14. The zero-order chi connectivity index (χ0) is 17.3. The minimum absolute atomic E-state index is 0.0516. The molecule has 0 spiro atoms. The molecule has 0 aliphatic carbocycles. The van der Waals surface area contributed by atoms with Crippen molar-refractivity contribution in [3.63, 3.8) is 0 Å². The Morgan fingerprint density at radius 2 is 2.04 bits per heavy atom. The molecule has 12 heteroatoms. The molecule has 1 N–H and O–H groups in total. The summed E-state index contributed by atoms with van der Waals surface area (Å²) >= 11 is 6.56. The van der Waals surface area contributed by atoms with Crippen LogP contribution in [-0.2, 0) is 17.4 Å². The summed E-state index contributed by atoms with van der Waals surface area (Å²) in [5.74, 6) is -0.496. The van der Waals surface area contributed by atoms with Crippen molar-refractivity contribution in [1.29, 1.82) is 0 Å². The van der Waals surface area contributed by atoms with Crippen LogP contribution in [0.2, 0.25) is 0 Å². The van der Waals surface area contributed by atoms with Crippen molar-refractivity contribution >= 4 is 61.0 Å². The topological polar surface area (TPSA) is 67.8 Å². The normalized spacial score (nSPS) is 11.7. The van der Waals surface area contributed by atoms with E-state index in [1.807, 2.05) is 11.4 Å². The van der Waals surface area contributed by atoms with E-state index in [-0.39, 0.29) is 22.9 Å². The van der Waals surface area contributed by atoms with Crippen molar-refractivity contribution in [2.24, 2.45) is 0 Å². The molecular formula is C12H6BrF3N4OS3. The first-order valence-electron chi connectivity index (χ1n) is 6.20. The first-order valence-corrected chi connectivity index (χ1v) is 9.57. The second kappa shape index (κ2) is 6.86. The monoisotopic (exact) mass is 454 g/mol. The standard InChI is InChI=1S/C12H6BrF3N4OS3/c13-5-1-7(22-3-5)9-17-6(4-23-9)2-8(21)18-11-20-19-10(24-11)12(14,15)16/h1,3-4H,2H2,(H,18,20,21). The molecule has 0 aromatic carbocycles. The fourth-order valence-corrected chi connectivity index (χ4v) is 4.60. The van der Waals surface area contributed by atoms with E-state index < -0.39 is 17.1 Å². The lowest BCUT2D eigenvalue weighted by Gasteiger charge is -1.99. The number of nitrogens with zero attached hydrogens (tertiary/aromatic N) is 3. The molecule has 3 heterocycles. The third-order valence-electron chi connectivity index (χ3n) is 2.59. The van der Waals surface area contributed by atoms with Gasteiger partial charge in [-0.25, -0.2) is 4.98 Å². The Morgan fingerprint density at radius 1 is 1.25 bits per heavy atom. The van der Waals surface area contributed by atoms with Crippen LogP contribution in [0.3, 0.4) is 0 Å². The van der Waals surface area contributed by atoms with Crippen LogP contribution in [0, 0.1) is 0 Å². The molecular weight excluding hydrogens is 449 g/mol. The van der Waals surface area contributed by atoms with E-state index in [2.05, 4.69) is 36.4 Å². The number of rotatable bonds is 4. The Labute approximate surface area is 153 Å². The highest BCUT2D eigenvalue weighted by molar-refractivity contribution is 9.10. The Morgan fingerprint density at radius 3 is 2.67 bits per heavy atom. The first-order chi connectivity index (χ1) is 11.3. The van der Waals surface area contributed by atoms with Crippen LogP contribution in [0.5, 0.6) is 0 Å². The summed E-state index contributed by atoms with van der Waals surface area (Å²) in [6, 6.07) is 1.92. The van der Waals surface area contributed by atoms with Gasteiger partial charge in [-0.1, -0.05) is 11.3 Å². The average Bonchev–Trinajstić information content (AvgIpc) is 3.18. The molecule has 0 bridgehead atoms. The number of thiophene rings is 1. The van der Waals surface area contributed by atoms with Crippen LogP contribution < -0.4 is 5.32 Å². The lowest BCUT2D eigenvalue weighted by atomic mass is 10.3. The molecule has 126 valence electrons. The Kier molecular flexibility index (Phi) is 4.99. The fourth-order valence-electron chi connectivity index (χ4n) is 1.64. The molecule has 1 amide bonds. The van der Waals surface area contributed by atoms with E-state index in [9.17, 15) is 18.0 Å². The molecule has 0 saturated carbocycles. The van der Waals surface area contributed by atoms with Gasteiger partial charge in [-0.3, -0.25) is 4.79 Å². The predicted octanol–water partition coefficient (Wildman–Crippen LogP) is 4.69. The maximum absolute atomic E-state index is 12.4. The van der Waals surface area contributed by atoms with Crippen molar-refractivity contribution in [3.05, 3.63) is 32.0 Å². The summed E-state index contributed by atoms with van der Waals surface area (Å²) in [7, 11) is 0. The highest BCUT2D eigenvalue weighted by atomic mass is 79.9. The van der Waals surface area contributed by atoms with Gasteiger partial charge in [-0.2, -0.15) is 13.2 Å². The number of hydrogen-bond acceptors (Lipinski definition) is 7. The van der Waals surface area contributed by atoms with Gasteiger partial charge in [0.2, 0.25) is 16.0 Å². The number of aromatic nitrogens is 3. The molecule has 0 radical (unpaired) electrons. The van der Waals surface area contributed by atoms with Crippen LogP contribution in [0.25, 0.3) is 9.88 Å². The molecule has 3 rings (SSSR count). The van der Waals surface area contributed by atoms with Crippen molar-refractivity contribution in [2.75, 3.05) is 5.32 Å². The summed E-state index contributed by atoms with van der Waals surface area (Å²) in [4.78, 5) is 17.2. The van der Waals surface area contributed by atoms with Gasteiger partial charge in [0, 0.05) is 15.2 Å². The van der Waals surface area contributed by atoms with E-state index in [1.165, 1.54) is 22.7 Å². The molecule has 0 fully saturated rings. The van der Waals surface area contributed by atoms with Gasteiger partial charge in [0.1, 0.15) is 5.01 Å². The van der Waals surface area contributed by atoms with E-state index in [0.717, 1.165) is 14.4 Å². The third-order valence-corrected chi connectivity index (χ3v) is 6.22. The van der Waals surface area contributed by atoms with Crippen LogP contribution in [0.4, 0.5) is 18.3 Å². The lowest BCUT2D eigenvalue weighted by molar-refractivity contribution is -0.138. The highest BCUT2D eigenvalue weighted by Gasteiger charge is 2.35. The number of halogens is 4. The number of anilines is 1. The largest absolute Gasteiger partial charge is 0.445 e. The summed E-state index contributed by atoms with van der Waals surface area (Å²) in [6.45, 7) is 0. The number of carbonyl (C=O) groups is 1. The number of nitrogens with one attached hydrogen (secondary N) is 1. The summed E-state index contributed by atoms with van der Waals surface area (Å²) in [5, 5.41) is 11.8. The molecule has 3 aromatic rings. The average molecular weight is 455 g/mol. The molecule has 0 aliphatic heterocycles. The predicted molar refractivity (Wildman–Crippen MR) is 90.4 cm³/mol. The van der Waals surface area contributed by atoms with Gasteiger partial charge < -0.3 is 5.32 Å². The van der Waals surface area contributed by atoms with E-state index >= 15 is 0 Å². The minimum atomic E-state index is -4.57. The molecule has 0 aliphatic rings. The zero-order valence-corrected chi connectivity index (χ0v) is 15.5. The van der Waals surface area contributed by atoms with Crippen molar-refractivity contribution in [3.8, 4) is 9.88 Å². The summed E-state index contributed by atoms with van der Waals surface area (Å²) in [6.07, 6.45) is -4.62. The van der Waals surface area contributed by atoms with E-state index in [0.29, 0.717) is 5.69 Å². The maximum Gasteiger partial charge on any atom is 0.445 e. The SMILES string of the molecule is O=C(Cc1csc(-c2cc(Br)cs2)n1)Nc1nnc(C(F)(F)F)s1. The van der Waals surface area contributed by atoms with Crippen LogP contribution in [0.1, 0.15) is 10.7 Å². The fraction of sp³-hybridized carbons (Fsp3) is 0.167. The summed E-state index contributed by atoms with van der Waals surface area (Å²) in [5.41, 5.74) is 0.539. The molecule has 5 nitrogen and oxygen atoms in total. The Bertz CT molecular complexity index is 873. The first kappa shape index (κ1) is 17.5. The van der Waals surface area contributed by atoms with Crippen LogP contribution >= 0.6 is 49.9 Å². The highest BCUT2D eigenvalue weighted by Crippen LogP contribution is 2.33. The molecule has 3 aromatic heterocycles. The number of alkyl halides is 3. The van der Waals surface area contributed by atoms with Gasteiger partial charge in [-0.15, -0.1) is 32.9 Å². The van der Waals surface area contributed by atoms with Gasteiger partial charge in [0.15, 0.2) is 0 Å². The number of hydrogen-bond donors (Lipinski definition) is 1. The smallest absolute Gasteiger partial charge is 0.300 e. The zero-order valence-electron chi connectivity index (χ0n) is 11.4. The molecule has 0 saturated heterocycles. The second-order valence-corrected chi connectivity index (χ2v) is 8.07. The van der Waals surface area contributed by atoms with Gasteiger partial charge in [0.25, 0.3) is 0 Å². The molecule has 0 unspecified atom stereocenters. The minimum Gasteiger partial charge on any atom is -0.300 e. The van der Waals surface area contributed by atoms with E-state index in [1.54, 1.807) is 5.38 Å². The third kappa shape index (κ3) is 4.18. The number of thiazole rings is 1. The van der Waals surface area contributed by atoms with Gasteiger partial charge in [-0.05, 0) is 22.0 Å². The summed E-state index contributed by atoms with van der Waals surface area (Å²) < 4.78 is 38.3.